The molecule has 0 aliphatic carbocycles. The van der Waals surface area contributed by atoms with E-state index in [1.165, 1.54) is 0 Å². The molecule has 1 rings (SSSR count). The van der Waals surface area contributed by atoms with Crippen molar-refractivity contribution in [2.24, 2.45) is 0 Å². The molecule has 5 nitrogen and oxygen atoms in total. The quantitative estimate of drug-likeness (QED) is 0.545. The lowest BCUT2D eigenvalue weighted by molar-refractivity contribution is -0.121. The van der Waals surface area contributed by atoms with Crippen molar-refractivity contribution < 1.29 is 14.6 Å². The predicted octanol–water partition coefficient (Wildman–Crippen LogP) is -0.358. The van der Waals surface area contributed by atoms with Crippen molar-refractivity contribution in [2.75, 3.05) is 26.3 Å². The highest BCUT2D eigenvalue weighted by atomic mass is 16.5. The molecule has 1 fully saturated rings. The summed E-state index contributed by atoms with van der Waals surface area (Å²) in [5.74, 6) is 0.0390. The van der Waals surface area contributed by atoms with E-state index in [0.717, 1.165) is 0 Å². The minimum absolute atomic E-state index is 0.0390. The smallest absolute Gasteiger partial charge is 0.221 e. The summed E-state index contributed by atoms with van der Waals surface area (Å²) >= 11 is 0. The van der Waals surface area contributed by atoms with Gasteiger partial charge in [0.1, 0.15) is 5.60 Å². The molecule has 5 heteroatoms. The van der Waals surface area contributed by atoms with E-state index in [1.54, 1.807) is 0 Å². The molecule has 0 saturated carbocycles. The van der Waals surface area contributed by atoms with E-state index < -0.39 is 5.60 Å². The number of aliphatic hydroxyl groups is 1. The Bertz CT molecular complexity index is 225. The Balaban J connectivity index is 2.05. The molecule has 1 aliphatic rings. The van der Waals surface area contributed by atoms with Crippen LogP contribution in [0.25, 0.3) is 0 Å². The van der Waals surface area contributed by atoms with E-state index in [2.05, 4.69) is 10.6 Å². The van der Waals surface area contributed by atoms with E-state index in [0.29, 0.717) is 39.1 Å². The van der Waals surface area contributed by atoms with Crippen molar-refractivity contribution in [3.8, 4) is 0 Å². The largest absolute Gasteiger partial charge is 0.386 e. The maximum atomic E-state index is 11.3. The second kappa shape index (κ2) is 6.18. The Kier molecular flexibility index (Phi) is 5.18. The van der Waals surface area contributed by atoms with Crippen LogP contribution in [-0.2, 0) is 9.53 Å². The van der Waals surface area contributed by atoms with E-state index in [4.69, 9.17) is 4.74 Å². The fourth-order valence-electron chi connectivity index (χ4n) is 1.65. The van der Waals surface area contributed by atoms with Crippen LogP contribution in [0, 0.1) is 0 Å². The van der Waals surface area contributed by atoms with Crippen molar-refractivity contribution in [1.82, 2.24) is 10.6 Å². The Labute approximate surface area is 96.6 Å². The summed E-state index contributed by atoms with van der Waals surface area (Å²) in [5.41, 5.74) is -0.742. The normalized spacial score (nSPS) is 25.0. The highest BCUT2D eigenvalue weighted by molar-refractivity contribution is 5.76. The Morgan fingerprint density at radius 1 is 1.56 bits per heavy atom. The van der Waals surface area contributed by atoms with Crippen molar-refractivity contribution in [1.29, 1.82) is 0 Å². The molecule has 1 heterocycles. The average molecular weight is 230 g/mol. The van der Waals surface area contributed by atoms with Gasteiger partial charge < -0.3 is 20.5 Å². The second-order valence-electron chi connectivity index (χ2n) is 4.68. The van der Waals surface area contributed by atoms with Gasteiger partial charge in [0.05, 0.1) is 6.61 Å². The van der Waals surface area contributed by atoms with Gasteiger partial charge in [-0.15, -0.1) is 0 Å². The number of ether oxygens (including phenoxy) is 1. The highest BCUT2D eigenvalue weighted by Gasteiger charge is 2.31. The Morgan fingerprint density at radius 2 is 2.31 bits per heavy atom. The first-order valence-corrected chi connectivity index (χ1v) is 5.82. The minimum atomic E-state index is -0.742. The van der Waals surface area contributed by atoms with Crippen LogP contribution in [0.15, 0.2) is 0 Å². The SMILES string of the molecule is CC(C)NC(=O)CCNCC1(O)CCOC1. The van der Waals surface area contributed by atoms with Gasteiger partial charge in [0.15, 0.2) is 0 Å². The van der Waals surface area contributed by atoms with Crippen LogP contribution >= 0.6 is 0 Å². The third kappa shape index (κ3) is 4.92. The summed E-state index contributed by atoms with van der Waals surface area (Å²) in [6, 6.07) is 0.180. The molecule has 0 aromatic rings. The number of carbonyl (C=O) groups is 1. The van der Waals surface area contributed by atoms with E-state index in [-0.39, 0.29) is 11.9 Å². The highest BCUT2D eigenvalue weighted by Crippen LogP contribution is 2.16. The molecule has 1 saturated heterocycles. The van der Waals surface area contributed by atoms with Crippen LogP contribution < -0.4 is 10.6 Å². The van der Waals surface area contributed by atoms with E-state index in [1.807, 2.05) is 13.8 Å². The van der Waals surface area contributed by atoms with Crippen molar-refractivity contribution >= 4 is 5.91 Å². The molecule has 1 aliphatic heterocycles. The third-order valence-electron chi connectivity index (χ3n) is 2.52. The molecule has 94 valence electrons. The van der Waals surface area contributed by atoms with Gasteiger partial charge in [-0.05, 0) is 13.8 Å². The lowest BCUT2D eigenvalue weighted by Crippen LogP contribution is -2.42. The minimum Gasteiger partial charge on any atom is -0.386 e. The summed E-state index contributed by atoms with van der Waals surface area (Å²) in [4.78, 5) is 11.3. The fourth-order valence-corrected chi connectivity index (χ4v) is 1.65. The van der Waals surface area contributed by atoms with E-state index >= 15 is 0 Å². The second-order valence-corrected chi connectivity index (χ2v) is 4.68. The molecule has 0 radical (unpaired) electrons. The summed E-state index contributed by atoms with van der Waals surface area (Å²) in [6.07, 6.45) is 1.10. The first-order chi connectivity index (χ1) is 7.52. The van der Waals surface area contributed by atoms with E-state index in [9.17, 15) is 9.90 Å². The van der Waals surface area contributed by atoms with Gasteiger partial charge in [0, 0.05) is 38.6 Å². The Morgan fingerprint density at radius 3 is 2.88 bits per heavy atom. The predicted molar refractivity (Wildman–Crippen MR) is 61.2 cm³/mol. The third-order valence-corrected chi connectivity index (χ3v) is 2.52. The first kappa shape index (κ1) is 13.4. The van der Waals surface area contributed by atoms with Crippen LogP contribution in [0.3, 0.4) is 0 Å². The first-order valence-electron chi connectivity index (χ1n) is 5.82. The van der Waals surface area contributed by atoms with Crippen molar-refractivity contribution in [2.45, 2.75) is 38.3 Å². The number of rotatable bonds is 6. The molecule has 1 unspecified atom stereocenters. The summed E-state index contributed by atoms with van der Waals surface area (Å²) in [5, 5.41) is 15.8. The Hall–Kier alpha value is -0.650. The van der Waals surface area contributed by atoms with Crippen LogP contribution in [0.5, 0.6) is 0 Å². The average Bonchev–Trinajstić information content (AvgIpc) is 2.59. The molecule has 16 heavy (non-hydrogen) atoms. The maximum Gasteiger partial charge on any atom is 0.221 e. The van der Waals surface area contributed by atoms with Crippen LogP contribution in [-0.4, -0.2) is 49.0 Å². The van der Waals surface area contributed by atoms with Gasteiger partial charge in [-0.3, -0.25) is 4.79 Å². The van der Waals surface area contributed by atoms with Crippen LogP contribution in [0.1, 0.15) is 26.7 Å². The number of nitrogens with one attached hydrogen (secondary N) is 2. The summed E-state index contributed by atoms with van der Waals surface area (Å²) < 4.78 is 5.12. The molecular weight excluding hydrogens is 208 g/mol. The number of hydrogen-bond acceptors (Lipinski definition) is 4. The van der Waals surface area contributed by atoms with Gasteiger partial charge in [0.25, 0.3) is 0 Å². The topological polar surface area (TPSA) is 70.6 Å². The molecule has 3 N–H and O–H groups in total. The summed E-state index contributed by atoms with van der Waals surface area (Å²) in [7, 11) is 0. The zero-order chi connectivity index (χ0) is 12.0. The van der Waals surface area contributed by atoms with Crippen molar-refractivity contribution in [3.05, 3.63) is 0 Å². The number of amides is 1. The van der Waals surface area contributed by atoms with Gasteiger partial charge >= 0.3 is 0 Å². The van der Waals surface area contributed by atoms with Gasteiger partial charge in [-0.1, -0.05) is 0 Å². The maximum absolute atomic E-state index is 11.3. The standard InChI is InChI=1S/C11H22N2O3/c1-9(2)13-10(14)3-5-12-7-11(15)4-6-16-8-11/h9,12,15H,3-8H2,1-2H3,(H,13,14). The fraction of sp³-hybridized carbons (Fsp3) is 0.909. The van der Waals surface area contributed by atoms with Crippen molar-refractivity contribution in [3.63, 3.8) is 0 Å². The van der Waals surface area contributed by atoms with Gasteiger partial charge in [0.2, 0.25) is 5.91 Å². The lowest BCUT2D eigenvalue weighted by atomic mass is 10.0. The van der Waals surface area contributed by atoms with Gasteiger partial charge in [-0.25, -0.2) is 0 Å². The summed E-state index contributed by atoms with van der Waals surface area (Å²) in [6.45, 7) is 5.95. The molecule has 1 amide bonds. The molecule has 0 aromatic heterocycles. The molecule has 0 bridgehead atoms. The molecule has 1 atom stereocenters. The molecular formula is C11H22N2O3. The lowest BCUT2D eigenvalue weighted by Gasteiger charge is -2.20. The van der Waals surface area contributed by atoms with Gasteiger partial charge in [-0.2, -0.15) is 0 Å². The molecule has 0 aromatic carbocycles. The number of hydrogen-bond donors (Lipinski definition) is 3. The number of carbonyl (C=O) groups excluding carboxylic acids is 1. The van der Waals surface area contributed by atoms with Crippen LogP contribution in [0.4, 0.5) is 0 Å². The zero-order valence-electron chi connectivity index (χ0n) is 10.1. The monoisotopic (exact) mass is 230 g/mol. The van der Waals surface area contributed by atoms with Crippen LogP contribution in [0.2, 0.25) is 0 Å². The molecule has 0 spiro atoms. The zero-order valence-corrected chi connectivity index (χ0v) is 10.1.